The van der Waals surface area contributed by atoms with Crippen LogP contribution in [0.5, 0.6) is 0 Å². The number of rotatable bonds is 6. The molecule has 2 amide bonds. The molecular formula is C11H24N2O2. The van der Waals surface area contributed by atoms with E-state index in [1.807, 2.05) is 27.7 Å². The fourth-order valence-corrected chi connectivity index (χ4v) is 1.33. The molecule has 0 fully saturated rings. The van der Waals surface area contributed by atoms with Gasteiger partial charge in [0.05, 0.1) is 0 Å². The van der Waals surface area contributed by atoms with Crippen molar-refractivity contribution in [2.45, 2.75) is 34.1 Å². The van der Waals surface area contributed by atoms with Gasteiger partial charge in [-0.15, -0.1) is 0 Å². The van der Waals surface area contributed by atoms with Crippen LogP contribution in [0.1, 0.15) is 34.1 Å². The average molecular weight is 216 g/mol. The van der Waals surface area contributed by atoms with Gasteiger partial charge in [0.15, 0.2) is 0 Å². The topological polar surface area (TPSA) is 52.6 Å². The summed E-state index contributed by atoms with van der Waals surface area (Å²) in [5.74, 6) is 0. The molecule has 0 aliphatic heterocycles. The highest BCUT2D eigenvalue weighted by atomic mass is 16.3. The third-order valence-corrected chi connectivity index (χ3v) is 2.56. The number of urea groups is 1. The first-order chi connectivity index (χ1) is 6.96. The van der Waals surface area contributed by atoms with Crippen molar-refractivity contribution in [2.24, 2.45) is 5.41 Å². The molecular weight excluding hydrogens is 192 g/mol. The Bertz CT molecular complexity index is 189. The number of aliphatic hydroxyl groups is 1. The molecule has 15 heavy (non-hydrogen) atoms. The molecule has 0 rings (SSSR count). The van der Waals surface area contributed by atoms with Gasteiger partial charge in [-0.1, -0.05) is 13.8 Å². The fourth-order valence-electron chi connectivity index (χ4n) is 1.33. The molecule has 0 aromatic rings. The van der Waals surface area contributed by atoms with Crippen LogP contribution < -0.4 is 5.32 Å². The number of hydrogen-bond donors (Lipinski definition) is 2. The molecule has 90 valence electrons. The van der Waals surface area contributed by atoms with E-state index in [1.54, 1.807) is 4.90 Å². The molecule has 0 aliphatic carbocycles. The molecule has 4 nitrogen and oxygen atoms in total. The third kappa shape index (κ3) is 5.62. The van der Waals surface area contributed by atoms with Crippen molar-refractivity contribution < 1.29 is 9.90 Å². The molecule has 0 aromatic carbocycles. The van der Waals surface area contributed by atoms with Crippen LogP contribution in [0.4, 0.5) is 4.79 Å². The molecule has 0 heterocycles. The number of amides is 2. The summed E-state index contributed by atoms with van der Waals surface area (Å²) in [7, 11) is 0. The Morgan fingerprint density at radius 2 is 1.87 bits per heavy atom. The summed E-state index contributed by atoms with van der Waals surface area (Å²) in [6, 6.07) is -0.0222. The molecule has 4 heteroatoms. The second kappa shape index (κ2) is 6.67. The predicted molar refractivity (Wildman–Crippen MR) is 61.8 cm³/mol. The second-order valence-electron chi connectivity index (χ2n) is 4.47. The number of nitrogens with one attached hydrogen (secondary N) is 1. The van der Waals surface area contributed by atoms with Crippen molar-refractivity contribution in [2.75, 3.05) is 26.2 Å². The van der Waals surface area contributed by atoms with Gasteiger partial charge in [0.1, 0.15) is 0 Å². The van der Waals surface area contributed by atoms with Gasteiger partial charge in [-0.05, 0) is 25.7 Å². The monoisotopic (exact) mass is 216 g/mol. The Morgan fingerprint density at radius 3 is 2.27 bits per heavy atom. The molecule has 2 N–H and O–H groups in total. The van der Waals surface area contributed by atoms with Crippen molar-refractivity contribution in [3.8, 4) is 0 Å². The minimum absolute atomic E-state index is 0.0222. The zero-order chi connectivity index (χ0) is 11.9. The smallest absolute Gasteiger partial charge is 0.317 e. The van der Waals surface area contributed by atoms with Gasteiger partial charge >= 0.3 is 6.03 Å². The number of hydrogen-bond acceptors (Lipinski definition) is 2. The van der Waals surface area contributed by atoms with E-state index in [4.69, 9.17) is 5.11 Å². The van der Waals surface area contributed by atoms with Gasteiger partial charge in [0.25, 0.3) is 0 Å². The first-order valence-corrected chi connectivity index (χ1v) is 5.60. The van der Waals surface area contributed by atoms with Crippen LogP contribution in [-0.4, -0.2) is 42.3 Å². The van der Waals surface area contributed by atoms with Gasteiger partial charge in [-0.2, -0.15) is 0 Å². The zero-order valence-electron chi connectivity index (χ0n) is 10.3. The molecule has 0 saturated carbocycles. The van der Waals surface area contributed by atoms with Crippen molar-refractivity contribution in [1.82, 2.24) is 10.2 Å². The van der Waals surface area contributed by atoms with Crippen molar-refractivity contribution in [1.29, 1.82) is 0 Å². The maximum Gasteiger partial charge on any atom is 0.317 e. The van der Waals surface area contributed by atoms with E-state index in [1.165, 1.54) is 0 Å². The number of aliphatic hydroxyl groups excluding tert-OH is 1. The molecule has 0 spiro atoms. The molecule has 0 saturated heterocycles. The SMILES string of the molecule is CCN(CC)C(=O)NCC(C)(C)CCO. The lowest BCUT2D eigenvalue weighted by atomic mass is 9.90. The maximum absolute atomic E-state index is 11.6. The first-order valence-electron chi connectivity index (χ1n) is 5.60. The van der Waals surface area contributed by atoms with Crippen molar-refractivity contribution in [3.05, 3.63) is 0 Å². The van der Waals surface area contributed by atoms with E-state index < -0.39 is 0 Å². The lowest BCUT2D eigenvalue weighted by molar-refractivity contribution is 0.183. The van der Waals surface area contributed by atoms with Gasteiger partial charge < -0.3 is 15.3 Å². The van der Waals surface area contributed by atoms with E-state index >= 15 is 0 Å². The molecule has 0 unspecified atom stereocenters. The quantitative estimate of drug-likeness (QED) is 0.706. The summed E-state index contributed by atoms with van der Waals surface area (Å²) in [5.41, 5.74) is -0.0441. The molecule has 0 atom stereocenters. The zero-order valence-corrected chi connectivity index (χ0v) is 10.3. The Kier molecular flexibility index (Phi) is 6.32. The molecule has 0 bridgehead atoms. The standard InChI is InChI=1S/C11H24N2O2/c1-5-13(6-2)10(15)12-9-11(3,4)7-8-14/h14H,5-9H2,1-4H3,(H,12,15). The van der Waals surface area contributed by atoms with Crippen LogP contribution >= 0.6 is 0 Å². The summed E-state index contributed by atoms with van der Waals surface area (Å²) in [5, 5.41) is 11.7. The Balaban J connectivity index is 3.98. The predicted octanol–water partition coefficient (Wildman–Crippen LogP) is 1.45. The number of carbonyl (C=O) groups excluding carboxylic acids is 1. The summed E-state index contributed by atoms with van der Waals surface area (Å²) in [4.78, 5) is 13.4. The lowest BCUT2D eigenvalue weighted by Gasteiger charge is -2.26. The van der Waals surface area contributed by atoms with E-state index in [9.17, 15) is 4.79 Å². The minimum Gasteiger partial charge on any atom is -0.396 e. The van der Waals surface area contributed by atoms with E-state index in [0.29, 0.717) is 13.0 Å². The Labute approximate surface area is 92.7 Å². The van der Waals surface area contributed by atoms with Crippen molar-refractivity contribution >= 4 is 6.03 Å². The summed E-state index contributed by atoms with van der Waals surface area (Å²) >= 11 is 0. The van der Waals surface area contributed by atoms with Crippen LogP contribution in [0.3, 0.4) is 0 Å². The molecule has 0 aromatic heterocycles. The highest BCUT2D eigenvalue weighted by Gasteiger charge is 2.19. The normalized spacial score (nSPS) is 11.3. The van der Waals surface area contributed by atoms with E-state index in [0.717, 1.165) is 13.1 Å². The van der Waals surface area contributed by atoms with Crippen LogP contribution in [0.2, 0.25) is 0 Å². The summed E-state index contributed by atoms with van der Waals surface area (Å²) < 4.78 is 0. The summed E-state index contributed by atoms with van der Waals surface area (Å²) in [6.07, 6.45) is 0.700. The highest BCUT2D eigenvalue weighted by molar-refractivity contribution is 5.74. The Hall–Kier alpha value is -0.770. The highest BCUT2D eigenvalue weighted by Crippen LogP contribution is 2.17. The van der Waals surface area contributed by atoms with Crippen LogP contribution in [0.25, 0.3) is 0 Å². The minimum atomic E-state index is -0.0441. The lowest BCUT2D eigenvalue weighted by Crippen LogP contribution is -2.43. The Morgan fingerprint density at radius 1 is 1.33 bits per heavy atom. The number of nitrogens with zero attached hydrogens (tertiary/aromatic N) is 1. The fraction of sp³-hybridized carbons (Fsp3) is 0.909. The van der Waals surface area contributed by atoms with Gasteiger partial charge in [-0.25, -0.2) is 4.79 Å². The largest absolute Gasteiger partial charge is 0.396 e. The third-order valence-electron chi connectivity index (χ3n) is 2.56. The van der Waals surface area contributed by atoms with Gasteiger partial charge in [0.2, 0.25) is 0 Å². The summed E-state index contributed by atoms with van der Waals surface area (Å²) in [6.45, 7) is 10.2. The van der Waals surface area contributed by atoms with E-state index in [-0.39, 0.29) is 18.1 Å². The van der Waals surface area contributed by atoms with Crippen LogP contribution in [-0.2, 0) is 0 Å². The van der Waals surface area contributed by atoms with Gasteiger partial charge in [0, 0.05) is 26.2 Å². The first kappa shape index (κ1) is 14.2. The molecule has 0 radical (unpaired) electrons. The van der Waals surface area contributed by atoms with Gasteiger partial charge in [-0.3, -0.25) is 0 Å². The van der Waals surface area contributed by atoms with Crippen molar-refractivity contribution in [3.63, 3.8) is 0 Å². The van der Waals surface area contributed by atoms with E-state index in [2.05, 4.69) is 5.32 Å². The maximum atomic E-state index is 11.6. The van der Waals surface area contributed by atoms with Crippen LogP contribution in [0, 0.1) is 5.41 Å². The molecule has 0 aliphatic rings. The average Bonchev–Trinajstić information content (AvgIpc) is 2.17. The van der Waals surface area contributed by atoms with Crippen LogP contribution in [0.15, 0.2) is 0 Å². The second-order valence-corrected chi connectivity index (χ2v) is 4.47. The number of carbonyl (C=O) groups is 1.